The molecule has 5 unspecified atom stereocenters. The second kappa shape index (κ2) is 4.59. The summed E-state index contributed by atoms with van der Waals surface area (Å²) in [5, 5.41) is 6.63. The number of carbonyl (C=O) groups is 1. The maximum absolute atomic E-state index is 12.5. The van der Waals surface area contributed by atoms with Gasteiger partial charge in [0.1, 0.15) is 0 Å². The van der Waals surface area contributed by atoms with Gasteiger partial charge in [0.15, 0.2) is 0 Å². The second-order valence-corrected chi connectivity index (χ2v) is 6.70. The van der Waals surface area contributed by atoms with Crippen LogP contribution in [0.1, 0.15) is 30.4 Å². The highest BCUT2D eigenvalue weighted by molar-refractivity contribution is 5.84. The van der Waals surface area contributed by atoms with Crippen LogP contribution in [0.2, 0.25) is 0 Å². The van der Waals surface area contributed by atoms with E-state index in [1.54, 1.807) is 0 Å². The van der Waals surface area contributed by atoms with E-state index in [4.69, 9.17) is 0 Å². The number of hydrogen-bond acceptors (Lipinski definition) is 2. The van der Waals surface area contributed by atoms with Gasteiger partial charge in [0.2, 0.25) is 5.91 Å². The maximum Gasteiger partial charge on any atom is 0.224 e. The SMILES string of the molecule is CC1CNCC1NC(=O)C1C2CCc3ccccc3C21. The van der Waals surface area contributed by atoms with Crippen LogP contribution in [0.4, 0.5) is 0 Å². The number of aryl methyl sites for hydroxylation is 1. The predicted octanol–water partition coefficient (Wildman–Crippen LogP) is 1.69. The first-order chi connectivity index (χ1) is 9.75. The fraction of sp³-hybridized carbons (Fsp3) is 0.588. The fourth-order valence-corrected chi connectivity index (χ4v) is 4.21. The normalized spacial score (nSPS) is 38.0. The molecule has 3 heteroatoms. The minimum absolute atomic E-state index is 0.228. The van der Waals surface area contributed by atoms with Gasteiger partial charge in [-0.2, -0.15) is 0 Å². The highest BCUT2D eigenvalue weighted by Crippen LogP contribution is 2.59. The largest absolute Gasteiger partial charge is 0.352 e. The molecule has 2 fully saturated rings. The van der Waals surface area contributed by atoms with Crippen molar-refractivity contribution >= 4 is 5.91 Å². The molecule has 1 aromatic rings. The molecule has 1 heterocycles. The van der Waals surface area contributed by atoms with E-state index in [0.29, 0.717) is 23.8 Å². The van der Waals surface area contributed by atoms with Crippen LogP contribution in [0.3, 0.4) is 0 Å². The van der Waals surface area contributed by atoms with Crippen molar-refractivity contribution in [1.29, 1.82) is 0 Å². The molecule has 1 saturated heterocycles. The van der Waals surface area contributed by atoms with Crippen molar-refractivity contribution in [3.8, 4) is 0 Å². The standard InChI is InChI=1S/C17H22N2O/c1-10-8-18-9-14(10)19-17(20)16-13-7-6-11-4-2-3-5-12(11)15(13)16/h2-5,10,13-16,18H,6-9H2,1H3,(H,19,20). The summed E-state index contributed by atoms with van der Waals surface area (Å²) in [4.78, 5) is 12.5. The highest BCUT2D eigenvalue weighted by atomic mass is 16.2. The number of benzene rings is 1. The van der Waals surface area contributed by atoms with E-state index in [-0.39, 0.29) is 11.8 Å². The van der Waals surface area contributed by atoms with Crippen molar-refractivity contribution < 1.29 is 4.79 Å². The Labute approximate surface area is 120 Å². The first-order valence-corrected chi connectivity index (χ1v) is 7.84. The van der Waals surface area contributed by atoms with Crippen LogP contribution in [0.15, 0.2) is 24.3 Å². The van der Waals surface area contributed by atoms with Gasteiger partial charge in [0.05, 0.1) is 0 Å². The highest BCUT2D eigenvalue weighted by Gasteiger charge is 2.57. The molecule has 2 N–H and O–H groups in total. The first-order valence-electron chi connectivity index (χ1n) is 7.84. The number of nitrogens with one attached hydrogen (secondary N) is 2. The van der Waals surface area contributed by atoms with Crippen molar-refractivity contribution in [1.82, 2.24) is 10.6 Å². The zero-order valence-electron chi connectivity index (χ0n) is 11.9. The van der Waals surface area contributed by atoms with Gasteiger partial charge in [0.25, 0.3) is 0 Å². The number of hydrogen-bond donors (Lipinski definition) is 2. The summed E-state index contributed by atoms with van der Waals surface area (Å²) in [6.07, 6.45) is 2.32. The molecule has 1 amide bonds. The lowest BCUT2D eigenvalue weighted by atomic mass is 9.92. The summed E-state index contributed by atoms with van der Waals surface area (Å²) in [5.41, 5.74) is 2.89. The minimum Gasteiger partial charge on any atom is -0.352 e. The average molecular weight is 270 g/mol. The van der Waals surface area contributed by atoms with E-state index < -0.39 is 0 Å². The van der Waals surface area contributed by atoms with Crippen LogP contribution in [0.5, 0.6) is 0 Å². The van der Waals surface area contributed by atoms with Crippen molar-refractivity contribution in [2.45, 2.75) is 31.7 Å². The fourth-order valence-electron chi connectivity index (χ4n) is 4.21. The van der Waals surface area contributed by atoms with Crippen molar-refractivity contribution in [3.05, 3.63) is 35.4 Å². The summed E-state index contributed by atoms with van der Waals surface area (Å²) < 4.78 is 0. The average Bonchev–Trinajstić information content (AvgIpc) is 3.09. The van der Waals surface area contributed by atoms with Crippen LogP contribution in [-0.2, 0) is 11.2 Å². The Bertz CT molecular complexity index is 542. The Kier molecular flexibility index (Phi) is 2.84. The van der Waals surface area contributed by atoms with E-state index in [0.717, 1.165) is 19.5 Å². The van der Waals surface area contributed by atoms with Crippen LogP contribution < -0.4 is 10.6 Å². The molecule has 2 aliphatic carbocycles. The third-order valence-electron chi connectivity index (χ3n) is 5.48. The lowest BCUT2D eigenvalue weighted by molar-refractivity contribution is -0.123. The summed E-state index contributed by atoms with van der Waals surface area (Å²) in [6.45, 7) is 4.15. The molecular weight excluding hydrogens is 248 g/mol. The van der Waals surface area contributed by atoms with Gasteiger partial charge < -0.3 is 10.6 Å². The van der Waals surface area contributed by atoms with Gasteiger partial charge in [-0.25, -0.2) is 0 Å². The predicted molar refractivity (Wildman–Crippen MR) is 78.4 cm³/mol. The summed E-state index contributed by atoms with van der Waals surface area (Å²) >= 11 is 0. The molecular formula is C17H22N2O. The minimum atomic E-state index is 0.228. The van der Waals surface area contributed by atoms with Crippen molar-refractivity contribution in [2.75, 3.05) is 13.1 Å². The van der Waals surface area contributed by atoms with Gasteiger partial charge in [-0.05, 0) is 48.3 Å². The lowest BCUT2D eigenvalue weighted by Crippen LogP contribution is -2.40. The van der Waals surface area contributed by atoms with Crippen molar-refractivity contribution in [2.24, 2.45) is 17.8 Å². The molecule has 20 heavy (non-hydrogen) atoms. The molecule has 5 atom stereocenters. The zero-order valence-corrected chi connectivity index (χ0v) is 11.9. The molecule has 4 rings (SSSR count). The molecule has 0 radical (unpaired) electrons. The summed E-state index contributed by atoms with van der Waals surface area (Å²) in [7, 11) is 0. The number of amides is 1. The molecule has 3 nitrogen and oxygen atoms in total. The molecule has 106 valence electrons. The Balaban J connectivity index is 1.48. The first kappa shape index (κ1) is 12.4. The second-order valence-electron chi connectivity index (χ2n) is 6.70. The summed E-state index contributed by atoms with van der Waals surface area (Å²) in [5.74, 6) is 2.15. The van der Waals surface area contributed by atoms with Gasteiger partial charge in [-0.1, -0.05) is 31.2 Å². The van der Waals surface area contributed by atoms with E-state index in [9.17, 15) is 4.79 Å². The molecule has 1 saturated carbocycles. The number of carbonyl (C=O) groups excluding carboxylic acids is 1. The Morgan fingerprint density at radius 1 is 1.30 bits per heavy atom. The van der Waals surface area contributed by atoms with Crippen LogP contribution in [0.25, 0.3) is 0 Å². The Hall–Kier alpha value is -1.35. The van der Waals surface area contributed by atoms with E-state index >= 15 is 0 Å². The van der Waals surface area contributed by atoms with Gasteiger partial charge in [-0.3, -0.25) is 4.79 Å². The van der Waals surface area contributed by atoms with Gasteiger partial charge >= 0.3 is 0 Å². The monoisotopic (exact) mass is 270 g/mol. The molecule has 0 bridgehead atoms. The Morgan fingerprint density at radius 2 is 2.15 bits per heavy atom. The van der Waals surface area contributed by atoms with Crippen LogP contribution in [0, 0.1) is 17.8 Å². The lowest BCUT2D eigenvalue weighted by Gasteiger charge is -2.16. The van der Waals surface area contributed by atoms with Crippen LogP contribution in [-0.4, -0.2) is 25.0 Å². The van der Waals surface area contributed by atoms with Crippen LogP contribution >= 0.6 is 0 Å². The third-order valence-corrected chi connectivity index (χ3v) is 5.48. The van der Waals surface area contributed by atoms with E-state index in [1.807, 2.05) is 0 Å². The molecule has 3 aliphatic rings. The van der Waals surface area contributed by atoms with Crippen molar-refractivity contribution in [3.63, 3.8) is 0 Å². The number of rotatable bonds is 2. The molecule has 1 aliphatic heterocycles. The Morgan fingerprint density at radius 3 is 2.95 bits per heavy atom. The third kappa shape index (κ3) is 1.87. The summed E-state index contributed by atoms with van der Waals surface area (Å²) in [6, 6.07) is 8.99. The van der Waals surface area contributed by atoms with Gasteiger partial charge in [-0.15, -0.1) is 0 Å². The topological polar surface area (TPSA) is 41.1 Å². The smallest absolute Gasteiger partial charge is 0.224 e. The molecule has 1 aromatic carbocycles. The molecule has 0 spiro atoms. The van der Waals surface area contributed by atoms with Gasteiger partial charge in [0, 0.05) is 18.5 Å². The quantitative estimate of drug-likeness (QED) is 0.858. The van der Waals surface area contributed by atoms with E-state index in [2.05, 4.69) is 41.8 Å². The molecule has 0 aromatic heterocycles. The maximum atomic E-state index is 12.5. The van der Waals surface area contributed by atoms with E-state index in [1.165, 1.54) is 17.5 Å². The number of fused-ring (bicyclic) bond motifs is 3. The zero-order chi connectivity index (χ0) is 13.7.